The number of aromatic nitrogens is 1. The number of hydrogen-bond acceptors (Lipinski definition) is 5. The summed E-state index contributed by atoms with van der Waals surface area (Å²) in [7, 11) is -4.06. The molecule has 0 atom stereocenters. The number of carbonyl (C=O) groups excluding carboxylic acids is 2. The van der Waals surface area contributed by atoms with Crippen molar-refractivity contribution in [1.29, 1.82) is 0 Å². The van der Waals surface area contributed by atoms with Gasteiger partial charge >= 0.3 is 0 Å². The fraction of sp³-hybridized carbons (Fsp3) is 0. The third-order valence-corrected chi connectivity index (χ3v) is 6.05. The lowest BCUT2D eigenvalue weighted by Crippen LogP contribution is -2.41. The van der Waals surface area contributed by atoms with Crippen molar-refractivity contribution < 1.29 is 22.4 Å². The molecule has 0 spiro atoms. The highest BCUT2D eigenvalue weighted by atomic mass is 32.2. The average molecular weight is 464 g/mol. The molecule has 0 saturated heterocycles. The Balaban J connectivity index is 1.40. The van der Waals surface area contributed by atoms with Gasteiger partial charge in [0.2, 0.25) is 0 Å². The summed E-state index contributed by atoms with van der Waals surface area (Å²) >= 11 is 0. The van der Waals surface area contributed by atoms with E-state index >= 15 is 0 Å². The van der Waals surface area contributed by atoms with Crippen molar-refractivity contribution in [2.75, 3.05) is 4.72 Å². The topological polar surface area (TPSA) is 117 Å². The maximum Gasteiger partial charge on any atom is 0.288 e. The molecule has 1 aromatic heterocycles. The lowest BCUT2D eigenvalue weighted by atomic mass is 10.2. The van der Waals surface area contributed by atoms with Crippen LogP contribution in [0.2, 0.25) is 0 Å². The van der Waals surface area contributed by atoms with Gasteiger partial charge in [0.25, 0.3) is 21.8 Å². The first kappa shape index (κ1) is 21.9. The molecular formula is C23H17FN4O4S. The molecule has 0 fully saturated rings. The van der Waals surface area contributed by atoms with E-state index in [1.807, 2.05) is 12.1 Å². The van der Waals surface area contributed by atoms with Crippen LogP contribution in [0.3, 0.4) is 0 Å². The molecule has 33 heavy (non-hydrogen) atoms. The second kappa shape index (κ2) is 9.05. The molecule has 0 aliphatic heterocycles. The molecular weight excluding hydrogens is 447 g/mol. The maximum atomic E-state index is 13.7. The third kappa shape index (κ3) is 4.96. The number of nitrogens with one attached hydrogen (secondary N) is 3. The summed E-state index contributed by atoms with van der Waals surface area (Å²) in [6.45, 7) is 0. The Kier molecular flexibility index (Phi) is 6.01. The van der Waals surface area contributed by atoms with Crippen molar-refractivity contribution in [2.24, 2.45) is 0 Å². The molecule has 4 aromatic rings. The van der Waals surface area contributed by atoms with Gasteiger partial charge in [-0.1, -0.05) is 36.4 Å². The fourth-order valence-corrected chi connectivity index (χ4v) is 4.04. The SMILES string of the molecule is O=C(NNC(=O)c1ccc2ccccc2n1)c1ccc(S(=O)(=O)Nc2ccccc2F)cc1. The maximum absolute atomic E-state index is 13.7. The van der Waals surface area contributed by atoms with Crippen LogP contribution in [0.1, 0.15) is 20.8 Å². The number of pyridine rings is 1. The predicted octanol–water partition coefficient (Wildman–Crippen LogP) is 3.25. The predicted molar refractivity (Wildman–Crippen MR) is 120 cm³/mol. The van der Waals surface area contributed by atoms with Gasteiger partial charge in [0.15, 0.2) is 0 Å². The number of sulfonamides is 1. The lowest BCUT2D eigenvalue weighted by molar-refractivity contribution is 0.0844. The van der Waals surface area contributed by atoms with E-state index in [1.165, 1.54) is 48.5 Å². The van der Waals surface area contributed by atoms with Crippen LogP contribution in [0, 0.1) is 5.82 Å². The van der Waals surface area contributed by atoms with Crippen LogP contribution in [0.5, 0.6) is 0 Å². The molecule has 0 radical (unpaired) electrons. The van der Waals surface area contributed by atoms with Crippen LogP contribution < -0.4 is 15.6 Å². The number of rotatable bonds is 5. The second-order valence-corrected chi connectivity index (χ2v) is 8.59. The monoisotopic (exact) mass is 464 g/mol. The minimum atomic E-state index is -4.06. The van der Waals surface area contributed by atoms with Gasteiger partial charge < -0.3 is 0 Å². The van der Waals surface area contributed by atoms with E-state index < -0.39 is 27.7 Å². The summed E-state index contributed by atoms with van der Waals surface area (Å²) in [6, 6.07) is 20.9. The van der Waals surface area contributed by atoms with Gasteiger partial charge in [-0.25, -0.2) is 17.8 Å². The molecule has 166 valence electrons. The van der Waals surface area contributed by atoms with E-state index in [2.05, 4.69) is 20.6 Å². The fourth-order valence-electron chi connectivity index (χ4n) is 2.98. The van der Waals surface area contributed by atoms with E-state index in [-0.39, 0.29) is 21.8 Å². The Morgan fingerprint density at radius 3 is 2.18 bits per heavy atom. The molecule has 0 unspecified atom stereocenters. The Hall–Kier alpha value is -4.31. The molecule has 0 aliphatic carbocycles. The molecule has 3 aromatic carbocycles. The Morgan fingerprint density at radius 1 is 0.758 bits per heavy atom. The third-order valence-electron chi connectivity index (χ3n) is 4.67. The number of para-hydroxylation sites is 2. The van der Waals surface area contributed by atoms with Gasteiger partial charge in [-0.15, -0.1) is 0 Å². The first-order valence-electron chi connectivity index (χ1n) is 9.67. The van der Waals surface area contributed by atoms with Crippen molar-refractivity contribution in [3.63, 3.8) is 0 Å². The van der Waals surface area contributed by atoms with Crippen LogP contribution in [-0.2, 0) is 10.0 Å². The van der Waals surface area contributed by atoms with Crippen molar-refractivity contribution in [2.45, 2.75) is 4.90 Å². The molecule has 1 heterocycles. The molecule has 4 rings (SSSR count). The van der Waals surface area contributed by atoms with Crippen molar-refractivity contribution in [3.8, 4) is 0 Å². The summed E-state index contributed by atoms with van der Waals surface area (Å²) in [6.07, 6.45) is 0. The smallest absolute Gasteiger partial charge is 0.277 e. The quantitative estimate of drug-likeness (QED) is 0.392. The van der Waals surface area contributed by atoms with Gasteiger partial charge in [0, 0.05) is 10.9 Å². The molecule has 0 bridgehead atoms. The second-order valence-electron chi connectivity index (χ2n) is 6.91. The van der Waals surface area contributed by atoms with Gasteiger partial charge in [-0.2, -0.15) is 0 Å². The number of benzene rings is 3. The van der Waals surface area contributed by atoms with Gasteiger partial charge in [0.05, 0.1) is 16.1 Å². The van der Waals surface area contributed by atoms with E-state index in [4.69, 9.17) is 0 Å². The van der Waals surface area contributed by atoms with E-state index in [9.17, 15) is 22.4 Å². The largest absolute Gasteiger partial charge is 0.288 e. The van der Waals surface area contributed by atoms with E-state index in [1.54, 1.807) is 18.2 Å². The number of amides is 2. The number of anilines is 1. The Morgan fingerprint density at radius 2 is 1.42 bits per heavy atom. The summed E-state index contributed by atoms with van der Waals surface area (Å²) in [5.74, 6) is -1.98. The highest BCUT2D eigenvalue weighted by Gasteiger charge is 2.17. The number of halogens is 1. The van der Waals surface area contributed by atoms with Crippen molar-refractivity contribution in [3.05, 3.63) is 102 Å². The molecule has 2 amide bonds. The van der Waals surface area contributed by atoms with Crippen LogP contribution >= 0.6 is 0 Å². The van der Waals surface area contributed by atoms with Crippen LogP contribution in [0.4, 0.5) is 10.1 Å². The minimum Gasteiger partial charge on any atom is -0.277 e. The summed E-state index contributed by atoms with van der Waals surface area (Å²) in [5, 5.41) is 0.873. The summed E-state index contributed by atoms with van der Waals surface area (Å²) < 4.78 is 40.8. The first-order chi connectivity index (χ1) is 15.8. The van der Waals surface area contributed by atoms with Gasteiger partial charge in [0.1, 0.15) is 11.5 Å². The number of fused-ring (bicyclic) bond motifs is 1. The van der Waals surface area contributed by atoms with Gasteiger partial charge in [-0.3, -0.25) is 25.2 Å². The van der Waals surface area contributed by atoms with Crippen LogP contribution in [0.15, 0.2) is 89.8 Å². The molecule has 10 heteroatoms. The van der Waals surface area contributed by atoms with E-state index in [0.29, 0.717) is 5.52 Å². The van der Waals surface area contributed by atoms with E-state index in [0.717, 1.165) is 11.5 Å². The van der Waals surface area contributed by atoms with Crippen LogP contribution in [-0.4, -0.2) is 25.2 Å². The number of hydrazine groups is 1. The zero-order valence-corrected chi connectivity index (χ0v) is 17.8. The summed E-state index contributed by atoms with van der Waals surface area (Å²) in [5.41, 5.74) is 5.20. The number of carbonyl (C=O) groups is 2. The zero-order valence-electron chi connectivity index (χ0n) is 16.9. The highest BCUT2D eigenvalue weighted by Crippen LogP contribution is 2.19. The van der Waals surface area contributed by atoms with Crippen molar-refractivity contribution in [1.82, 2.24) is 15.8 Å². The normalized spacial score (nSPS) is 11.1. The number of nitrogens with zero attached hydrogens (tertiary/aromatic N) is 1. The zero-order chi connectivity index (χ0) is 23.4. The minimum absolute atomic E-state index is 0.103. The standard InChI is InChI=1S/C23H17FN4O4S/c24-18-6-2-4-8-20(18)28-33(31,32)17-12-9-16(10-13-17)22(29)26-27-23(30)21-14-11-15-5-1-3-7-19(15)25-21/h1-14,28H,(H,26,29)(H,27,30). The molecule has 0 saturated carbocycles. The average Bonchev–Trinajstić information content (AvgIpc) is 2.83. The lowest BCUT2D eigenvalue weighted by Gasteiger charge is -2.10. The molecule has 8 nitrogen and oxygen atoms in total. The Labute approximate surface area is 188 Å². The summed E-state index contributed by atoms with van der Waals surface area (Å²) in [4.78, 5) is 28.7. The molecule has 0 aliphatic rings. The van der Waals surface area contributed by atoms with Gasteiger partial charge in [-0.05, 0) is 48.5 Å². The molecule has 3 N–H and O–H groups in total. The highest BCUT2D eigenvalue weighted by molar-refractivity contribution is 7.92. The first-order valence-corrected chi connectivity index (χ1v) is 11.2. The number of hydrogen-bond donors (Lipinski definition) is 3. The van der Waals surface area contributed by atoms with Crippen molar-refractivity contribution >= 4 is 38.4 Å². The Bertz CT molecular complexity index is 1460. The van der Waals surface area contributed by atoms with Crippen LogP contribution in [0.25, 0.3) is 10.9 Å².